The van der Waals surface area contributed by atoms with E-state index in [-0.39, 0.29) is 64.7 Å². The molecular formula is C29H28Cl2F2N2O8S. The van der Waals surface area contributed by atoms with Crippen LogP contribution in [0.3, 0.4) is 0 Å². The normalized spacial score (nSPS) is 18.2. The van der Waals surface area contributed by atoms with Gasteiger partial charge in [-0.2, -0.15) is 17.8 Å². The summed E-state index contributed by atoms with van der Waals surface area (Å²) in [5.74, 6) is -0.758. The van der Waals surface area contributed by atoms with E-state index in [2.05, 4.69) is 4.74 Å². The van der Waals surface area contributed by atoms with E-state index in [0.29, 0.717) is 16.2 Å². The minimum atomic E-state index is -3.91. The summed E-state index contributed by atoms with van der Waals surface area (Å²) in [6.07, 6.45) is 1.54. The molecule has 2 aromatic carbocycles. The van der Waals surface area contributed by atoms with Crippen molar-refractivity contribution in [2.24, 2.45) is 5.92 Å². The number of morpholine rings is 1. The highest BCUT2D eigenvalue weighted by Gasteiger charge is 2.36. The van der Waals surface area contributed by atoms with Crippen LogP contribution in [0.25, 0.3) is 0 Å². The van der Waals surface area contributed by atoms with E-state index in [1.807, 2.05) is 0 Å². The van der Waals surface area contributed by atoms with Crippen LogP contribution >= 0.6 is 23.2 Å². The highest BCUT2D eigenvalue weighted by Crippen LogP contribution is 2.38. The standard InChI is InChI=1S/C29H28Cl2F2N2O8S/c30-22-14-34(37)15-23(31)21(22)13-25(19-8-9-24(43-29(32)33)26(12-19)41-17-18-6-7-18)42-28(36)27-16-35(10-11-40-27)44(38,39)20-4-2-1-3-5-20/h1-5,8-9,12,14-15,18,25,27,29H,6-7,10-11,13,16-17H2/t25-,27?/m0/s1. The number of benzene rings is 2. The highest BCUT2D eigenvalue weighted by atomic mass is 35.5. The van der Waals surface area contributed by atoms with Crippen LogP contribution < -0.4 is 14.2 Å². The molecule has 1 aromatic heterocycles. The molecule has 0 bridgehead atoms. The smallest absolute Gasteiger partial charge is 0.387 e. The summed E-state index contributed by atoms with van der Waals surface area (Å²) in [6, 6.07) is 11.9. The molecule has 5 rings (SSSR count). The third kappa shape index (κ3) is 7.88. The van der Waals surface area contributed by atoms with Crippen molar-refractivity contribution in [3.8, 4) is 11.5 Å². The fourth-order valence-corrected chi connectivity index (χ4v) is 6.65. The number of rotatable bonds is 12. The molecule has 2 fully saturated rings. The molecule has 1 saturated carbocycles. The Morgan fingerprint density at radius 2 is 1.80 bits per heavy atom. The molecule has 236 valence electrons. The van der Waals surface area contributed by atoms with Gasteiger partial charge in [-0.05, 0) is 48.6 Å². The van der Waals surface area contributed by atoms with E-state index < -0.39 is 34.8 Å². The lowest BCUT2D eigenvalue weighted by atomic mass is 10.0. The van der Waals surface area contributed by atoms with Gasteiger partial charge in [0.05, 0.1) is 24.7 Å². The van der Waals surface area contributed by atoms with Crippen molar-refractivity contribution in [3.05, 3.63) is 87.3 Å². The van der Waals surface area contributed by atoms with E-state index >= 15 is 0 Å². The monoisotopic (exact) mass is 672 g/mol. The van der Waals surface area contributed by atoms with Gasteiger partial charge in [0.15, 0.2) is 30.0 Å². The van der Waals surface area contributed by atoms with Crippen molar-refractivity contribution in [2.45, 2.75) is 43.0 Å². The molecule has 3 aromatic rings. The number of esters is 1. The van der Waals surface area contributed by atoms with Gasteiger partial charge in [0.25, 0.3) is 0 Å². The van der Waals surface area contributed by atoms with Crippen LogP contribution in [0, 0.1) is 11.1 Å². The first-order chi connectivity index (χ1) is 21.0. The summed E-state index contributed by atoms with van der Waals surface area (Å²) in [6.45, 7) is -3.15. The number of halogens is 4. The minimum Gasteiger partial charge on any atom is -0.619 e. The third-order valence-electron chi connectivity index (χ3n) is 7.11. The van der Waals surface area contributed by atoms with Crippen molar-refractivity contribution in [2.75, 3.05) is 26.3 Å². The number of nitrogens with zero attached hydrogens (tertiary/aromatic N) is 2. The van der Waals surface area contributed by atoms with Crippen LogP contribution in [0.5, 0.6) is 11.5 Å². The molecule has 2 aliphatic rings. The lowest BCUT2D eigenvalue weighted by molar-refractivity contribution is -0.605. The Morgan fingerprint density at radius 1 is 1.09 bits per heavy atom. The van der Waals surface area contributed by atoms with Gasteiger partial charge >= 0.3 is 12.6 Å². The number of carbonyl (C=O) groups is 1. The largest absolute Gasteiger partial charge is 0.619 e. The summed E-state index contributed by atoms with van der Waals surface area (Å²) in [5.41, 5.74) is 0.603. The lowest BCUT2D eigenvalue weighted by Crippen LogP contribution is -2.49. The molecule has 1 saturated heterocycles. The minimum absolute atomic E-state index is 0.00505. The predicted octanol–water partition coefficient (Wildman–Crippen LogP) is 4.93. The maximum Gasteiger partial charge on any atom is 0.387 e. The van der Waals surface area contributed by atoms with Crippen molar-refractivity contribution in [1.29, 1.82) is 0 Å². The lowest BCUT2D eigenvalue weighted by Gasteiger charge is -2.32. The average molecular weight is 674 g/mol. The van der Waals surface area contributed by atoms with Crippen LogP contribution in [0.15, 0.2) is 65.8 Å². The van der Waals surface area contributed by atoms with Crippen LogP contribution in [0.4, 0.5) is 8.78 Å². The van der Waals surface area contributed by atoms with E-state index in [0.717, 1.165) is 29.5 Å². The number of ether oxygens (including phenoxy) is 4. The average Bonchev–Trinajstić information content (AvgIpc) is 3.83. The quantitative estimate of drug-likeness (QED) is 0.151. The molecule has 2 atom stereocenters. The zero-order chi connectivity index (χ0) is 31.4. The molecule has 0 amide bonds. The Kier molecular flexibility index (Phi) is 10.1. The number of alkyl halides is 2. The molecule has 0 spiro atoms. The van der Waals surface area contributed by atoms with E-state index in [9.17, 15) is 27.2 Å². The first-order valence-corrected chi connectivity index (χ1v) is 15.9. The van der Waals surface area contributed by atoms with Crippen LogP contribution in [-0.2, 0) is 30.7 Å². The first-order valence-electron chi connectivity index (χ1n) is 13.7. The molecule has 44 heavy (non-hydrogen) atoms. The molecule has 1 unspecified atom stereocenters. The summed E-state index contributed by atoms with van der Waals surface area (Å²) in [7, 11) is -3.91. The fraction of sp³-hybridized carbons (Fsp3) is 0.379. The highest BCUT2D eigenvalue weighted by molar-refractivity contribution is 7.89. The summed E-state index contributed by atoms with van der Waals surface area (Å²) in [5, 5.41) is 11.8. The molecule has 0 N–H and O–H groups in total. The van der Waals surface area contributed by atoms with Crippen molar-refractivity contribution >= 4 is 39.2 Å². The van der Waals surface area contributed by atoms with Crippen molar-refractivity contribution in [1.82, 2.24) is 4.31 Å². The summed E-state index contributed by atoms with van der Waals surface area (Å²) in [4.78, 5) is 13.6. The fourth-order valence-electron chi connectivity index (χ4n) is 4.61. The van der Waals surface area contributed by atoms with E-state index in [1.54, 1.807) is 18.2 Å². The number of sulfonamides is 1. The maximum atomic E-state index is 13.5. The summed E-state index contributed by atoms with van der Waals surface area (Å²) >= 11 is 12.6. The van der Waals surface area contributed by atoms with Crippen LogP contribution in [-0.4, -0.2) is 57.7 Å². The maximum absolute atomic E-state index is 13.5. The zero-order valence-electron chi connectivity index (χ0n) is 23.1. The number of hydrogen-bond donors (Lipinski definition) is 0. The second-order valence-electron chi connectivity index (χ2n) is 10.3. The molecule has 1 aliphatic carbocycles. The van der Waals surface area contributed by atoms with Gasteiger partial charge in [0.2, 0.25) is 10.0 Å². The molecule has 1 aliphatic heterocycles. The second kappa shape index (κ2) is 13.8. The Labute approximate surface area is 262 Å². The second-order valence-corrected chi connectivity index (χ2v) is 13.0. The first kappa shape index (κ1) is 32.2. The molecule has 2 heterocycles. The SMILES string of the molecule is O=C(O[C@@H](Cc1c(Cl)c[n+]([O-])cc1Cl)c1ccc(OC(F)F)c(OCC2CC2)c1)C1CN(S(=O)(=O)c2ccccc2)CCO1. The van der Waals surface area contributed by atoms with Crippen molar-refractivity contribution in [3.63, 3.8) is 0 Å². The van der Waals surface area contributed by atoms with Gasteiger partial charge in [-0.15, -0.1) is 0 Å². The van der Waals surface area contributed by atoms with E-state index in [1.165, 1.54) is 30.3 Å². The Hall–Kier alpha value is -3.23. The predicted molar refractivity (Wildman–Crippen MR) is 154 cm³/mol. The number of carbonyl (C=O) groups excluding carboxylic acids is 1. The molecule has 0 radical (unpaired) electrons. The number of pyridine rings is 1. The van der Waals surface area contributed by atoms with Gasteiger partial charge in [0, 0.05) is 18.5 Å². The molecular weight excluding hydrogens is 645 g/mol. The Bertz CT molecular complexity index is 1570. The van der Waals surface area contributed by atoms with Gasteiger partial charge in [-0.1, -0.05) is 47.5 Å². The van der Waals surface area contributed by atoms with Crippen molar-refractivity contribution < 1.29 is 45.7 Å². The van der Waals surface area contributed by atoms with Crippen LogP contribution in [0.2, 0.25) is 10.0 Å². The van der Waals surface area contributed by atoms with E-state index in [4.69, 9.17) is 37.4 Å². The molecule has 10 nitrogen and oxygen atoms in total. The van der Waals surface area contributed by atoms with Gasteiger partial charge in [-0.25, -0.2) is 13.2 Å². The van der Waals surface area contributed by atoms with Gasteiger partial charge in [-0.3, -0.25) is 0 Å². The molecule has 15 heteroatoms. The van der Waals surface area contributed by atoms with Gasteiger partial charge < -0.3 is 24.2 Å². The van der Waals surface area contributed by atoms with Gasteiger partial charge in [0.1, 0.15) is 16.1 Å². The third-order valence-corrected chi connectivity index (χ3v) is 9.64. The Balaban J connectivity index is 1.42. The summed E-state index contributed by atoms with van der Waals surface area (Å²) < 4.78 is 76.1. The van der Waals surface area contributed by atoms with Crippen LogP contribution in [0.1, 0.15) is 30.1 Å². The number of aromatic nitrogens is 1. The number of hydrogen-bond acceptors (Lipinski definition) is 8. The zero-order valence-corrected chi connectivity index (χ0v) is 25.4. The Morgan fingerprint density at radius 3 is 2.45 bits per heavy atom. The topological polar surface area (TPSA) is 118 Å².